The Morgan fingerprint density at radius 3 is 2.30 bits per heavy atom. The largest absolute Gasteiger partial charge is 0.493 e. The normalized spacial score (nSPS) is 13.0. The Balaban J connectivity index is 1.69. The summed E-state index contributed by atoms with van der Waals surface area (Å²) >= 11 is 6.21. The number of hydrogen-bond donors (Lipinski definition) is 2. The number of rotatable bonds is 7. The van der Waals surface area contributed by atoms with E-state index in [4.69, 9.17) is 21.1 Å². The van der Waals surface area contributed by atoms with Crippen LogP contribution in [0.1, 0.15) is 30.1 Å². The number of nitrogens with one attached hydrogen (secondary N) is 2. The summed E-state index contributed by atoms with van der Waals surface area (Å²) in [5.41, 5.74) is 1.66. The van der Waals surface area contributed by atoms with Crippen molar-refractivity contribution in [2.24, 2.45) is 5.92 Å². The third-order valence-electron chi connectivity index (χ3n) is 4.14. The number of halogens is 1. The molecule has 3 rings (SSSR count). The summed E-state index contributed by atoms with van der Waals surface area (Å²) in [5, 5.41) is 5.96. The van der Waals surface area contributed by atoms with Crippen LogP contribution in [0.2, 0.25) is 5.02 Å². The van der Waals surface area contributed by atoms with Gasteiger partial charge in [0.15, 0.2) is 11.5 Å². The van der Waals surface area contributed by atoms with E-state index in [1.54, 1.807) is 30.3 Å². The van der Waals surface area contributed by atoms with Crippen LogP contribution in [-0.2, 0) is 4.79 Å². The van der Waals surface area contributed by atoms with Gasteiger partial charge in [-0.2, -0.15) is 0 Å². The highest BCUT2D eigenvalue weighted by Crippen LogP contribution is 2.36. The Morgan fingerprint density at radius 2 is 1.74 bits per heavy atom. The van der Waals surface area contributed by atoms with Crippen LogP contribution in [0.15, 0.2) is 36.4 Å². The summed E-state index contributed by atoms with van der Waals surface area (Å²) in [4.78, 5) is 24.3. The molecule has 2 aromatic carbocycles. The van der Waals surface area contributed by atoms with Gasteiger partial charge in [-0.05, 0) is 56.2 Å². The number of hydrogen-bond acceptors (Lipinski definition) is 4. The van der Waals surface area contributed by atoms with Crippen molar-refractivity contribution < 1.29 is 19.1 Å². The van der Waals surface area contributed by atoms with Gasteiger partial charge in [0, 0.05) is 22.9 Å². The zero-order chi connectivity index (χ0) is 19.4. The molecule has 0 bridgehead atoms. The molecule has 1 aliphatic carbocycles. The lowest BCUT2D eigenvalue weighted by molar-refractivity contribution is -0.117. The van der Waals surface area contributed by atoms with Crippen LogP contribution in [0, 0.1) is 5.92 Å². The Hall–Kier alpha value is -2.73. The zero-order valence-electron chi connectivity index (χ0n) is 15.2. The number of anilines is 2. The van der Waals surface area contributed by atoms with Gasteiger partial charge >= 0.3 is 0 Å². The van der Waals surface area contributed by atoms with E-state index in [0.29, 0.717) is 40.1 Å². The highest BCUT2D eigenvalue weighted by atomic mass is 35.5. The molecule has 0 atom stereocenters. The van der Waals surface area contributed by atoms with Gasteiger partial charge in [0.2, 0.25) is 5.91 Å². The fourth-order valence-electron chi connectivity index (χ4n) is 2.57. The van der Waals surface area contributed by atoms with Crippen LogP contribution in [0.5, 0.6) is 11.5 Å². The molecular formula is C20H21ClN2O4. The predicted molar refractivity (Wildman–Crippen MR) is 105 cm³/mol. The number of benzene rings is 2. The maximum absolute atomic E-state index is 12.5. The second-order valence-electron chi connectivity index (χ2n) is 6.22. The van der Waals surface area contributed by atoms with Crippen molar-refractivity contribution in [3.8, 4) is 11.5 Å². The number of amides is 2. The summed E-state index contributed by atoms with van der Waals surface area (Å²) in [7, 11) is 1.49. The lowest BCUT2D eigenvalue weighted by Crippen LogP contribution is -2.14. The van der Waals surface area contributed by atoms with Crippen LogP contribution >= 0.6 is 11.6 Å². The van der Waals surface area contributed by atoms with Crippen molar-refractivity contribution >= 4 is 34.8 Å². The molecule has 1 aliphatic rings. The van der Waals surface area contributed by atoms with Crippen molar-refractivity contribution in [3.05, 3.63) is 47.0 Å². The maximum Gasteiger partial charge on any atom is 0.255 e. The second kappa shape index (κ2) is 8.31. The molecule has 0 saturated heterocycles. The first kappa shape index (κ1) is 19.0. The average molecular weight is 389 g/mol. The molecule has 0 aromatic heterocycles. The molecule has 27 heavy (non-hydrogen) atoms. The lowest BCUT2D eigenvalue weighted by atomic mass is 10.1. The molecule has 0 unspecified atom stereocenters. The Kier molecular flexibility index (Phi) is 5.86. The molecule has 0 heterocycles. The van der Waals surface area contributed by atoms with Crippen LogP contribution in [0.25, 0.3) is 0 Å². The number of carbonyl (C=O) groups is 2. The molecule has 0 aliphatic heterocycles. The first-order valence-corrected chi connectivity index (χ1v) is 9.12. The second-order valence-corrected chi connectivity index (χ2v) is 6.62. The molecule has 0 spiro atoms. The molecule has 1 fully saturated rings. The van der Waals surface area contributed by atoms with Crippen molar-refractivity contribution in [2.45, 2.75) is 19.8 Å². The molecule has 2 N–H and O–H groups in total. The van der Waals surface area contributed by atoms with Gasteiger partial charge < -0.3 is 20.1 Å². The lowest BCUT2D eigenvalue weighted by Gasteiger charge is -2.13. The molecule has 2 aromatic rings. The molecule has 1 saturated carbocycles. The van der Waals surface area contributed by atoms with Gasteiger partial charge in [0.1, 0.15) is 0 Å². The minimum absolute atomic E-state index is 0.0444. The topological polar surface area (TPSA) is 76.7 Å². The van der Waals surface area contributed by atoms with E-state index < -0.39 is 0 Å². The van der Waals surface area contributed by atoms with Gasteiger partial charge in [-0.3, -0.25) is 9.59 Å². The quantitative estimate of drug-likeness (QED) is 0.739. The van der Waals surface area contributed by atoms with Gasteiger partial charge in [-0.25, -0.2) is 0 Å². The standard InChI is InChI=1S/C20H21ClN2O4/c1-3-27-18-16(21)10-13(11-17(18)26-2)20(25)23-15-8-6-14(7-9-15)22-19(24)12-4-5-12/h6-12H,3-5H2,1-2H3,(H,22,24)(H,23,25). The molecule has 142 valence electrons. The van der Waals surface area contributed by atoms with E-state index >= 15 is 0 Å². The Bertz CT molecular complexity index is 848. The SMILES string of the molecule is CCOc1c(Cl)cc(C(=O)Nc2ccc(NC(=O)C3CC3)cc2)cc1OC. The van der Waals surface area contributed by atoms with E-state index in [0.717, 1.165) is 12.8 Å². The van der Waals surface area contributed by atoms with Gasteiger partial charge in [0.25, 0.3) is 5.91 Å². The third-order valence-corrected chi connectivity index (χ3v) is 4.42. The first-order chi connectivity index (χ1) is 13.0. The van der Waals surface area contributed by atoms with E-state index in [2.05, 4.69) is 10.6 Å². The van der Waals surface area contributed by atoms with Crippen LogP contribution in [0.4, 0.5) is 11.4 Å². The average Bonchev–Trinajstić information content (AvgIpc) is 3.50. The summed E-state index contributed by atoms with van der Waals surface area (Å²) < 4.78 is 10.7. The van der Waals surface area contributed by atoms with Gasteiger partial charge in [0.05, 0.1) is 18.7 Å². The highest BCUT2D eigenvalue weighted by molar-refractivity contribution is 6.32. The summed E-state index contributed by atoms with van der Waals surface area (Å²) in [5.74, 6) is 0.668. The number of ether oxygens (including phenoxy) is 2. The number of carbonyl (C=O) groups excluding carboxylic acids is 2. The smallest absolute Gasteiger partial charge is 0.255 e. The third kappa shape index (κ3) is 4.71. The van der Waals surface area contributed by atoms with Gasteiger partial charge in [-0.15, -0.1) is 0 Å². The molecule has 6 nitrogen and oxygen atoms in total. The van der Waals surface area contributed by atoms with Crippen molar-refractivity contribution in [2.75, 3.05) is 24.4 Å². The minimum Gasteiger partial charge on any atom is -0.493 e. The summed E-state index contributed by atoms with van der Waals surface area (Å²) in [6, 6.07) is 10.1. The fourth-order valence-corrected chi connectivity index (χ4v) is 2.83. The van der Waals surface area contributed by atoms with Gasteiger partial charge in [-0.1, -0.05) is 11.6 Å². The molecule has 7 heteroatoms. The monoisotopic (exact) mass is 388 g/mol. The van der Waals surface area contributed by atoms with Crippen LogP contribution in [-0.4, -0.2) is 25.5 Å². The van der Waals surface area contributed by atoms with Crippen LogP contribution < -0.4 is 20.1 Å². The van der Waals surface area contributed by atoms with Crippen molar-refractivity contribution in [1.29, 1.82) is 0 Å². The van der Waals surface area contributed by atoms with Crippen molar-refractivity contribution in [1.82, 2.24) is 0 Å². The zero-order valence-corrected chi connectivity index (χ0v) is 15.9. The minimum atomic E-state index is -0.326. The first-order valence-electron chi connectivity index (χ1n) is 8.74. The molecule has 0 radical (unpaired) electrons. The maximum atomic E-state index is 12.5. The van der Waals surface area contributed by atoms with Crippen molar-refractivity contribution in [3.63, 3.8) is 0 Å². The Labute approximate surface area is 162 Å². The Morgan fingerprint density at radius 1 is 1.11 bits per heavy atom. The highest BCUT2D eigenvalue weighted by Gasteiger charge is 2.29. The fraction of sp³-hybridized carbons (Fsp3) is 0.300. The predicted octanol–water partition coefficient (Wildman–Crippen LogP) is 4.35. The van der Waals surface area contributed by atoms with E-state index in [9.17, 15) is 9.59 Å². The summed E-state index contributed by atoms with van der Waals surface area (Å²) in [6.07, 6.45) is 1.90. The molecule has 2 amide bonds. The van der Waals surface area contributed by atoms with E-state index in [1.807, 2.05) is 6.92 Å². The van der Waals surface area contributed by atoms with Crippen LogP contribution in [0.3, 0.4) is 0 Å². The molecular weight excluding hydrogens is 368 g/mol. The number of methoxy groups -OCH3 is 1. The summed E-state index contributed by atoms with van der Waals surface area (Å²) in [6.45, 7) is 2.28. The van der Waals surface area contributed by atoms with E-state index in [-0.39, 0.29) is 17.7 Å². The van der Waals surface area contributed by atoms with E-state index in [1.165, 1.54) is 13.2 Å².